The second-order valence-electron chi connectivity index (χ2n) is 8.20. The van der Waals surface area contributed by atoms with Crippen LogP contribution in [-0.2, 0) is 9.59 Å². The first-order valence-corrected chi connectivity index (χ1v) is 10.5. The standard InChI is InChI=1S/C24H27F2N3O3/c1-14-9-15(2)11-18(10-14)24(32)29-8-4-5-17(13-29)22(30)28-21(23(31)27-3)16-6-7-19(25)20(26)12-16/h6-7,9-12,17,21H,4-5,8,13H2,1-3H3,(H,27,31)(H,28,30). The van der Waals surface area contributed by atoms with Gasteiger partial charge in [0.15, 0.2) is 11.6 Å². The van der Waals surface area contributed by atoms with Crippen molar-refractivity contribution in [2.75, 3.05) is 20.1 Å². The van der Waals surface area contributed by atoms with E-state index in [2.05, 4.69) is 10.6 Å². The molecule has 0 aliphatic carbocycles. The number of amides is 3. The zero-order chi connectivity index (χ0) is 23.4. The average molecular weight is 443 g/mol. The Kier molecular flexibility index (Phi) is 7.22. The van der Waals surface area contributed by atoms with Crippen LogP contribution < -0.4 is 10.6 Å². The van der Waals surface area contributed by atoms with Crippen molar-refractivity contribution in [3.05, 3.63) is 70.3 Å². The Bertz CT molecular complexity index is 1020. The van der Waals surface area contributed by atoms with E-state index in [0.717, 1.165) is 23.3 Å². The third kappa shape index (κ3) is 5.30. The lowest BCUT2D eigenvalue weighted by Gasteiger charge is -2.33. The SMILES string of the molecule is CNC(=O)C(NC(=O)C1CCCN(C(=O)c2cc(C)cc(C)c2)C1)c1ccc(F)c(F)c1. The van der Waals surface area contributed by atoms with Gasteiger partial charge in [0.2, 0.25) is 11.8 Å². The van der Waals surface area contributed by atoms with E-state index in [1.165, 1.54) is 13.1 Å². The lowest BCUT2D eigenvalue weighted by Crippen LogP contribution is -2.48. The van der Waals surface area contributed by atoms with Crippen LogP contribution >= 0.6 is 0 Å². The fourth-order valence-electron chi connectivity index (χ4n) is 4.05. The molecular formula is C24H27F2N3O3. The van der Waals surface area contributed by atoms with Crippen LogP contribution in [0.3, 0.4) is 0 Å². The number of rotatable bonds is 5. The summed E-state index contributed by atoms with van der Waals surface area (Å²) < 4.78 is 27.0. The molecule has 0 spiro atoms. The van der Waals surface area contributed by atoms with Crippen molar-refractivity contribution in [2.24, 2.45) is 5.92 Å². The van der Waals surface area contributed by atoms with Gasteiger partial charge in [-0.05, 0) is 56.5 Å². The van der Waals surface area contributed by atoms with E-state index in [0.29, 0.717) is 24.9 Å². The second-order valence-corrected chi connectivity index (χ2v) is 8.20. The fraction of sp³-hybridized carbons (Fsp3) is 0.375. The van der Waals surface area contributed by atoms with Crippen molar-refractivity contribution in [3.63, 3.8) is 0 Å². The van der Waals surface area contributed by atoms with Crippen molar-refractivity contribution >= 4 is 17.7 Å². The molecule has 0 aromatic heterocycles. The lowest BCUT2D eigenvalue weighted by atomic mass is 9.95. The first kappa shape index (κ1) is 23.4. The van der Waals surface area contributed by atoms with Gasteiger partial charge in [0.25, 0.3) is 5.91 Å². The molecule has 1 aliphatic rings. The Hall–Kier alpha value is -3.29. The van der Waals surface area contributed by atoms with Gasteiger partial charge >= 0.3 is 0 Å². The number of hydrogen-bond acceptors (Lipinski definition) is 3. The molecule has 2 N–H and O–H groups in total. The van der Waals surface area contributed by atoms with Gasteiger partial charge in [0.05, 0.1) is 5.92 Å². The number of carbonyl (C=O) groups is 3. The zero-order valence-electron chi connectivity index (χ0n) is 18.4. The van der Waals surface area contributed by atoms with Crippen LogP contribution in [0.2, 0.25) is 0 Å². The molecule has 0 saturated carbocycles. The molecule has 2 unspecified atom stereocenters. The molecule has 3 rings (SSSR count). The van der Waals surface area contributed by atoms with Crippen molar-refractivity contribution < 1.29 is 23.2 Å². The molecule has 0 radical (unpaired) electrons. The van der Waals surface area contributed by atoms with Crippen LogP contribution in [0, 0.1) is 31.4 Å². The van der Waals surface area contributed by atoms with Gasteiger partial charge in [-0.15, -0.1) is 0 Å². The van der Waals surface area contributed by atoms with Crippen LogP contribution in [-0.4, -0.2) is 42.8 Å². The quantitative estimate of drug-likeness (QED) is 0.746. The highest BCUT2D eigenvalue weighted by molar-refractivity contribution is 5.95. The molecule has 0 bridgehead atoms. The van der Waals surface area contributed by atoms with Crippen molar-refractivity contribution in [2.45, 2.75) is 32.7 Å². The van der Waals surface area contributed by atoms with Crippen LogP contribution in [0.4, 0.5) is 8.78 Å². The molecule has 2 aromatic rings. The molecule has 2 aromatic carbocycles. The van der Waals surface area contributed by atoms with E-state index in [4.69, 9.17) is 0 Å². The topological polar surface area (TPSA) is 78.5 Å². The van der Waals surface area contributed by atoms with E-state index in [9.17, 15) is 23.2 Å². The average Bonchev–Trinajstić information content (AvgIpc) is 2.77. The molecule has 2 atom stereocenters. The minimum absolute atomic E-state index is 0.135. The Morgan fingerprint density at radius 2 is 1.72 bits per heavy atom. The highest BCUT2D eigenvalue weighted by atomic mass is 19.2. The third-order valence-corrected chi connectivity index (χ3v) is 5.62. The number of aryl methyl sites for hydroxylation is 2. The first-order chi connectivity index (χ1) is 15.2. The van der Waals surface area contributed by atoms with E-state index in [1.54, 1.807) is 4.90 Å². The number of benzene rings is 2. The summed E-state index contributed by atoms with van der Waals surface area (Å²) >= 11 is 0. The molecule has 1 fully saturated rings. The number of carbonyl (C=O) groups excluding carboxylic acids is 3. The largest absolute Gasteiger partial charge is 0.357 e. The molecular weight excluding hydrogens is 416 g/mol. The zero-order valence-corrected chi connectivity index (χ0v) is 18.4. The van der Waals surface area contributed by atoms with Crippen LogP contribution in [0.15, 0.2) is 36.4 Å². The number of nitrogens with one attached hydrogen (secondary N) is 2. The highest BCUT2D eigenvalue weighted by Gasteiger charge is 2.32. The summed E-state index contributed by atoms with van der Waals surface area (Å²) in [6.07, 6.45) is 1.20. The summed E-state index contributed by atoms with van der Waals surface area (Å²) in [6.45, 7) is 4.61. The molecule has 170 valence electrons. The maximum absolute atomic E-state index is 13.7. The van der Waals surface area contributed by atoms with E-state index < -0.39 is 35.4 Å². The summed E-state index contributed by atoms with van der Waals surface area (Å²) in [7, 11) is 1.40. The first-order valence-electron chi connectivity index (χ1n) is 10.5. The number of halogens is 2. The molecule has 3 amide bonds. The number of piperidine rings is 1. The maximum atomic E-state index is 13.7. The molecule has 32 heavy (non-hydrogen) atoms. The Morgan fingerprint density at radius 3 is 2.34 bits per heavy atom. The molecule has 1 heterocycles. The predicted molar refractivity (Wildman–Crippen MR) is 116 cm³/mol. The van der Waals surface area contributed by atoms with E-state index >= 15 is 0 Å². The van der Waals surface area contributed by atoms with Gasteiger partial charge in [-0.1, -0.05) is 23.3 Å². The Morgan fingerprint density at radius 1 is 1.03 bits per heavy atom. The van der Waals surface area contributed by atoms with Crippen LogP contribution in [0.25, 0.3) is 0 Å². The predicted octanol–water partition coefficient (Wildman–Crippen LogP) is 3.04. The summed E-state index contributed by atoms with van der Waals surface area (Å²) in [4.78, 5) is 40.0. The highest BCUT2D eigenvalue weighted by Crippen LogP contribution is 2.22. The summed E-state index contributed by atoms with van der Waals surface area (Å²) in [5.74, 6) is -3.77. The van der Waals surface area contributed by atoms with E-state index in [-0.39, 0.29) is 18.0 Å². The Labute approximate surface area is 186 Å². The van der Waals surface area contributed by atoms with E-state index in [1.807, 2.05) is 32.0 Å². The van der Waals surface area contributed by atoms with Crippen molar-refractivity contribution in [3.8, 4) is 0 Å². The molecule has 1 saturated heterocycles. The minimum atomic E-state index is -1.17. The normalized spacial score (nSPS) is 16.9. The second kappa shape index (κ2) is 9.89. The van der Waals surface area contributed by atoms with Gasteiger partial charge in [-0.3, -0.25) is 14.4 Å². The maximum Gasteiger partial charge on any atom is 0.253 e. The smallest absolute Gasteiger partial charge is 0.253 e. The van der Waals surface area contributed by atoms with Gasteiger partial charge in [-0.2, -0.15) is 0 Å². The molecule has 1 aliphatic heterocycles. The fourth-order valence-corrected chi connectivity index (χ4v) is 4.05. The number of likely N-dealkylation sites (tertiary alicyclic amines) is 1. The molecule has 8 heteroatoms. The monoisotopic (exact) mass is 443 g/mol. The summed E-state index contributed by atoms with van der Waals surface area (Å²) in [5, 5.41) is 5.07. The third-order valence-electron chi connectivity index (χ3n) is 5.62. The summed E-state index contributed by atoms with van der Waals surface area (Å²) in [6, 6.07) is 7.53. The molecule has 6 nitrogen and oxygen atoms in total. The van der Waals surface area contributed by atoms with Crippen molar-refractivity contribution in [1.82, 2.24) is 15.5 Å². The van der Waals surface area contributed by atoms with Gasteiger partial charge < -0.3 is 15.5 Å². The van der Waals surface area contributed by atoms with Crippen molar-refractivity contribution in [1.29, 1.82) is 0 Å². The lowest BCUT2D eigenvalue weighted by molar-refractivity contribution is -0.132. The minimum Gasteiger partial charge on any atom is -0.357 e. The summed E-state index contributed by atoms with van der Waals surface area (Å²) in [5.41, 5.74) is 2.68. The van der Waals surface area contributed by atoms with Gasteiger partial charge in [0.1, 0.15) is 6.04 Å². The number of likely N-dealkylation sites (N-methyl/N-ethyl adjacent to an activating group) is 1. The van der Waals surface area contributed by atoms with Crippen LogP contribution in [0.5, 0.6) is 0 Å². The van der Waals surface area contributed by atoms with Crippen LogP contribution in [0.1, 0.15) is 45.9 Å². The van der Waals surface area contributed by atoms with Gasteiger partial charge in [-0.25, -0.2) is 8.78 Å². The van der Waals surface area contributed by atoms with Gasteiger partial charge in [0, 0.05) is 25.7 Å². The number of nitrogens with zero attached hydrogens (tertiary/aromatic N) is 1. The number of hydrogen-bond donors (Lipinski definition) is 2. The Balaban J connectivity index is 1.74.